The van der Waals surface area contributed by atoms with E-state index in [1.807, 2.05) is 25.1 Å². The Morgan fingerprint density at radius 3 is 2.70 bits per heavy atom. The third-order valence-electron chi connectivity index (χ3n) is 7.24. The van der Waals surface area contributed by atoms with Crippen molar-refractivity contribution < 1.29 is 14.4 Å². The number of anilines is 2. The second kappa shape index (κ2) is 5.93. The number of rotatable bonds is 1. The number of hydrogen-bond donors (Lipinski definition) is 1. The molecule has 4 atom stereocenters. The van der Waals surface area contributed by atoms with Crippen molar-refractivity contribution in [2.24, 2.45) is 11.8 Å². The number of carbonyl (C=O) groups excluding carboxylic acids is 3. The fourth-order valence-electron chi connectivity index (χ4n) is 6.19. The molecular weight excluding hydrogens is 402 g/mol. The molecule has 6 rings (SSSR count). The Kier molecular flexibility index (Phi) is 3.58. The van der Waals surface area contributed by atoms with Crippen LogP contribution < -0.4 is 10.2 Å². The van der Waals surface area contributed by atoms with Crippen molar-refractivity contribution >= 4 is 40.7 Å². The molecule has 2 aromatic rings. The molecule has 1 spiro atoms. The number of amides is 3. The van der Waals surface area contributed by atoms with Gasteiger partial charge in [0.15, 0.2) is 0 Å². The Balaban J connectivity index is 1.58. The molecule has 0 unspecified atom stereocenters. The highest BCUT2D eigenvalue weighted by molar-refractivity contribution is 6.36. The average Bonchev–Trinajstić information content (AvgIpc) is 3.42. The van der Waals surface area contributed by atoms with Gasteiger partial charge in [0.2, 0.25) is 17.7 Å². The van der Waals surface area contributed by atoms with Crippen molar-refractivity contribution in [3.8, 4) is 0 Å². The van der Waals surface area contributed by atoms with Crippen LogP contribution >= 0.6 is 11.6 Å². The molecule has 0 bridgehead atoms. The second-order valence-corrected chi connectivity index (χ2v) is 9.05. The smallest absolute Gasteiger partial charge is 0.250 e. The first kappa shape index (κ1) is 18.1. The van der Waals surface area contributed by atoms with E-state index in [0.29, 0.717) is 17.3 Å². The summed E-state index contributed by atoms with van der Waals surface area (Å²) in [6.07, 6.45) is 1.70. The summed E-state index contributed by atoms with van der Waals surface area (Å²) < 4.78 is 0. The minimum atomic E-state index is -1.14. The summed E-state index contributed by atoms with van der Waals surface area (Å²) in [5.41, 5.74) is 1.81. The van der Waals surface area contributed by atoms with Crippen LogP contribution in [-0.4, -0.2) is 35.2 Å². The summed E-state index contributed by atoms with van der Waals surface area (Å²) >= 11 is 6.35. The third kappa shape index (κ3) is 1.96. The quantitative estimate of drug-likeness (QED) is 0.718. The number of imide groups is 1. The van der Waals surface area contributed by atoms with Crippen LogP contribution in [0.1, 0.15) is 24.0 Å². The van der Waals surface area contributed by atoms with Gasteiger partial charge in [-0.25, -0.2) is 4.90 Å². The Bertz CT molecular complexity index is 1150. The first-order valence-electron chi connectivity index (χ1n) is 10.3. The van der Waals surface area contributed by atoms with Crippen molar-refractivity contribution in [1.82, 2.24) is 4.90 Å². The zero-order chi connectivity index (χ0) is 20.8. The minimum absolute atomic E-state index is 0.129. The summed E-state index contributed by atoms with van der Waals surface area (Å²) in [6.45, 7) is 2.67. The maximum absolute atomic E-state index is 13.8. The molecule has 4 aliphatic rings. The maximum Gasteiger partial charge on any atom is 0.250 e. The summed E-state index contributed by atoms with van der Waals surface area (Å²) in [5, 5.41) is 3.35. The average molecular weight is 422 g/mol. The molecule has 3 fully saturated rings. The van der Waals surface area contributed by atoms with Gasteiger partial charge in [-0.1, -0.05) is 41.4 Å². The van der Waals surface area contributed by atoms with Crippen LogP contribution in [0.15, 0.2) is 42.5 Å². The molecule has 3 saturated heterocycles. The van der Waals surface area contributed by atoms with Crippen LogP contribution in [0, 0.1) is 18.8 Å². The van der Waals surface area contributed by atoms with Crippen molar-refractivity contribution in [2.45, 2.75) is 31.3 Å². The topological polar surface area (TPSA) is 69.7 Å². The predicted molar refractivity (Wildman–Crippen MR) is 112 cm³/mol. The number of para-hydroxylation sites is 1. The van der Waals surface area contributed by atoms with Gasteiger partial charge in [-0.3, -0.25) is 19.3 Å². The largest absolute Gasteiger partial charge is 0.324 e. The number of benzene rings is 2. The SMILES string of the molecule is Cc1ccc2c(c1)[C@@]1(C(=O)N2)[C@H]2C(=O)N(c3ccccc3Cl)C(=O)[C@@H]2[C@H]2CCCN21. The van der Waals surface area contributed by atoms with Gasteiger partial charge in [-0.05, 0) is 44.5 Å². The van der Waals surface area contributed by atoms with Gasteiger partial charge in [0.25, 0.3) is 0 Å². The van der Waals surface area contributed by atoms with E-state index in [4.69, 9.17) is 11.6 Å². The van der Waals surface area contributed by atoms with Crippen LogP contribution in [0.4, 0.5) is 11.4 Å². The number of hydrogen-bond acceptors (Lipinski definition) is 4. The molecule has 6 nitrogen and oxygen atoms in total. The van der Waals surface area contributed by atoms with Crippen molar-refractivity contribution in [2.75, 3.05) is 16.8 Å². The lowest BCUT2D eigenvalue weighted by Gasteiger charge is -2.36. The molecule has 7 heteroatoms. The number of fused-ring (bicyclic) bond motifs is 7. The van der Waals surface area contributed by atoms with Crippen LogP contribution in [0.2, 0.25) is 5.02 Å². The molecule has 1 N–H and O–H groups in total. The fourth-order valence-corrected chi connectivity index (χ4v) is 6.41. The summed E-state index contributed by atoms with van der Waals surface area (Å²) in [4.78, 5) is 44.3. The normalized spacial score (nSPS) is 32.0. The summed E-state index contributed by atoms with van der Waals surface area (Å²) in [6, 6.07) is 12.6. The number of nitrogens with one attached hydrogen (secondary N) is 1. The van der Waals surface area contributed by atoms with E-state index in [0.717, 1.165) is 29.7 Å². The van der Waals surface area contributed by atoms with Crippen molar-refractivity contribution in [3.05, 3.63) is 58.6 Å². The Morgan fingerprint density at radius 2 is 1.90 bits per heavy atom. The summed E-state index contributed by atoms with van der Waals surface area (Å²) in [5.74, 6) is -2.09. The molecule has 0 aromatic heterocycles. The Hall–Kier alpha value is -2.70. The lowest BCUT2D eigenvalue weighted by Crippen LogP contribution is -2.54. The molecule has 3 amide bonds. The third-order valence-corrected chi connectivity index (χ3v) is 7.56. The second-order valence-electron chi connectivity index (χ2n) is 8.64. The predicted octanol–water partition coefficient (Wildman–Crippen LogP) is 3.08. The van der Waals surface area contributed by atoms with Gasteiger partial charge in [-0.2, -0.15) is 0 Å². The fraction of sp³-hybridized carbons (Fsp3) is 0.348. The molecule has 2 aromatic carbocycles. The molecule has 0 saturated carbocycles. The zero-order valence-electron chi connectivity index (χ0n) is 16.4. The summed E-state index contributed by atoms with van der Waals surface area (Å²) in [7, 11) is 0. The highest BCUT2D eigenvalue weighted by Crippen LogP contribution is 2.60. The highest BCUT2D eigenvalue weighted by Gasteiger charge is 2.74. The number of aryl methyl sites for hydroxylation is 1. The molecular formula is C23H20ClN3O3. The van der Waals surface area contributed by atoms with Gasteiger partial charge in [0.05, 0.1) is 22.5 Å². The highest BCUT2D eigenvalue weighted by atomic mass is 35.5. The van der Waals surface area contributed by atoms with Gasteiger partial charge >= 0.3 is 0 Å². The van der Waals surface area contributed by atoms with Crippen LogP contribution in [0.3, 0.4) is 0 Å². The number of halogens is 1. The van der Waals surface area contributed by atoms with Gasteiger partial charge in [0, 0.05) is 17.3 Å². The first-order valence-corrected chi connectivity index (χ1v) is 10.7. The Morgan fingerprint density at radius 1 is 1.10 bits per heavy atom. The van der Waals surface area contributed by atoms with E-state index in [2.05, 4.69) is 10.2 Å². The van der Waals surface area contributed by atoms with E-state index in [9.17, 15) is 14.4 Å². The van der Waals surface area contributed by atoms with Gasteiger partial charge in [-0.15, -0.1) is 0 Å². The number of carbonyl (C=O) groups is 3. The monoisotopic (exact) mass is 421 g/mol. The van der Waals surface area contributed by atoms with E-state index < -0.39 is 17.4 Å². The van der Waals surface area contributed by atoms with E-state index in [-0.39, 0.29) is 23.8 Å². The Labute approximate surface area is 178 Å². The zero-order valence-corrected chi connectivity index (χ0v) is 17.1. The maximum atomic E-state index is 13.8. The molecule has 4 heterocycles. The molecule has 4 aliphatic heterocycles. The van der Waals surface area contributed by atoms with E-state index in [1.165, 1.54) is 4.90 Å². The molecule has 152 valence electrons. The standard InChI is InChI=1S/C23H20ClN3O3/c1-12-8-9-15-13(11-12)23(22(30)25-15)19-18(17-7-4-10-26(17)23)20(28)27(21(19)29)16-6-3-2-5-14(16)24/h2-3,5-6,8-9,11,17-19H,4,7,10H2,1H3,(H,25,30)/t17-,18-,19-,23+/m1/s1. The van der Waals surface area contributed by atoms with E-state index >= 15 is 0 Å². The first-order chi connectivity index (χ1) is 14.5. The number of nitrogens with zero attached hydrogens (tertiary/aromatic N) is 2. The minimum Gasteiger partial charge on any atom is -0.324 e. The van der Waals surface area contributed by atoms with Crippen LogP contribution in [0.5, 0.6) is 0 Å². The van der Waals surface area contributed by atoms with Gasteiger partial charge < -0.3 is 5.32 Å². The van der Waals surface area contributed by atoms with Crippen LogP contribution in [-0.2, 0) is 19.9 Å². The van der Waals surface area contributed by atoms with Crippen LogP contribution in [0.25, 0.3) is 0 Å². The molecule has 0 aliphatic carbocycles. The van der Waals surface area contributed by atoms with E-state index in [1.54, 1.807) is 24.3 Å². The van der Waals surface area contributed by atoms with Crippen molar-refractivity contribution in [1.29, 1.82) is 0 Å². The lowest BCUT2D eigenvalue weighted by molar-refractivity contribution is -0.135. The van der Waals surface area contributed by atoms with Crippen molar-refractivity contribution in [3.63, 3.8) is 0 Å². The van der Waals surface area contributed by atoms with Gasteiger partial charge in [0.1, 0.15) is 5.54 Å². The molecule has 30 heavy (non-hydrogen) atoms. The lowest BCUT2D eigenvalue weighted by atomic mass is 9.75. The molecule has 0 radical (unpaired) electrons.